The molecule has 2 heterocycles. The number of amides is 1. The zero-order chi connectivity index (χ0) is 20.4. The zero-order valence-corrected chi connectivity index (χ0v) is 17.7. The van der Waals surface area contributed by atoms with Gasteiger partial charge in [-0.2, -0.15) is 0 Å². The van der Waals surface area contributed by atoms with Crippen LogP contribution in [0.1, 0.15) is 50.4 Å². The molecule has 0 bridgehead atoms. The number of hydrogen-bond acceptors (Lipinski definition) is 5. The van der Waals surface area contributed by atoms with Crippen LogP contribution >= 0.6 is 11.3 Å². The van der Waals surface area contributed by atoms with Gasteiger partial charge in [0.15, 0.2) is 0 Å². The molecule has 1 aliphatic carbocycles. The van der Waals surface area contributed by atoms with Gasteiger partial charge >= 0.3 is 0 Å². The molecule has 1 N–H and O–H groups in total. The third-order valence-corrected chi connectivity index (χ3v) is 6.56. The molecule has 7 heteroatoms. The summed E-state index contributed by atoms with van der Waals surface area (Å²) in [5.74, 6) is 1.99. The first-order chi connectivity index (χ1) is 14.1. The third kappa shape index (κ3) is 4.00. The maximum Gasteiger partial charge on any atom is 0.262 e. The predicted octanol–water partition coefficient (Wildman–Crippen LogP) is 3.90. The molecule has 0 aliphatic heterocycles. The lowest BCUT2D eigenvalue weighted by atomic mass is 9.99. The summed E-state index contributed by atoms with van der Waals surface area (Å²) in [6.45, 7) is 0. The molecule has 6 nitrogen and oxygen atoms in total. The highest BCUT2D eigenvalue weighted by Crippen LogP contribution is 2.32. The summed E-state index contributed by atoms with van der Waals surface area (Å²) in [6.07, 6.45) is 8.14. The van der Waals surface area contributed by atoms with Crippen molar-refractivity contribution in [2.45, 2.75) is 31.7 Å². The Bertz CT molecular complexity index is 978. The van der Waals surface area contributed by atoms with Gasteiger partial charge < -0.3 is 19.4 Å². The largest absolute Gasteiger partial charge is 0.497 e. The summed E-state index contributed by atoms with van der Waals surface area (Å²) < 4.78 is 12.8. The smallest absolute Gasteiger partial charge is 0.262 e. The molecule has 0 fully saturated rings. The van der Waals surface area contributed by atoms with Crippen LogP contribution in [-0.4, -0.2) is 29.7 Å². The van der Waals surface area contributed by atoms with Gasteiger partial charge in [-0.3, -0.25) is 4.79 Å². The van der Waals surface area contributed by atoms with Crippen molar-refractivity contribution in [3.63, 3.8) is 0 Å². The maximum atomic E-state index is 13.2. The van der Waals surface area contributed by atoms with Gasteiger partial charge in [0.1, 0.15) is 23.4 Å². The fourth-order valence-corrected chi connectivity index (χ4v) is 4.91. The van der Waals surface area contributed by atoms with E-state index in [9.17, 15) is 4.79 Å². The summed E-state index contributed by atoms with van der Waals surface area (Å²) in [4.78, 5) is 19.7. The second kappa shape index (κ2) is 8.29. The normalized spacial score (nSPS) is 14.2. The number of nitrogens with zero attached hydrogens (tertiary/aromatic N) is 2. The zero-order valence-electron chi connectivity index (χ0n) is 16.9. The Balaban J connectivity index is 1.69. The Morgan fingerprint density at radius 2 is 1.86 bits per heavy atom. The minimum Gasteiger partial charge on any atom is -0.497 e. The number of methoxy groups -OCH3 is 2. The van der Waals surface area contributed by atoms with E-state index in [1.807, 2.05) is 36.0 Å². The first-order valence-corrected chi connectivity index (χ1v) is 10.5. The molecular formula is C22H25N3O3S. The number of carbonyl (C=O) groups is 1. The van der Waals surface area contributed by atoms with E-state index in [0.29, 0.717) is 11.5 Å². The van der Waals surface area contributed by atoms with Crippen molar-refractivity contribution in [1.29, 1.82) is 0 Å². The van der Waals surface area contributed by atoms with E-state index >= 15 is 0 Å². The van der Waals surface area contributed by atoms with Crippen molar-refractivity contribution in [2.75, 3.05) is 14.2 Å². The topological polar surface area (TPSA) is 65.4 Å². The van der Waals surface area contributed by atoms with E-state index in [4.69, 9.17) is 9.47 Å². The fraction of sp³-hybridized carbons (Fsp3) is 0.364. The molecule has 0 spiro atoms. The molecule has 2 aromatic heterocycles. The van der Waals surface area contributed by atoms with E-state index in [1.54, 1.807) is 31.8 Å². The lowest BCUT2D eigenvalue weighted by Crippen LogP contribution is -2.30. The van der Waals surface area contributed by atoms with Crippen LogP contribution in [0, 0.1) is 0 Å². The van der Waals surface area contributed by atoms with Crippen molar-refractivity contribution in [2.24, 2.45) is 7.05 Å². The molecule has 29 heavy (non-hydrogen) atoms. The standard InChI is InChI=1S/C22H25N3O3S/c1-25-9-8-23-21(25)20(15-10-16(27-2)13-17(11-15)28-3)24-22(26)19-12-14-6-4-5-7-18(14)29-19/h8-13,20H,4-7H2,1-3H3,(H,24,26). The molecule has 0 radical (unpaired) electrons. The number of aryl methyl sites for hydroxylation is 3. The number of hydrogen-bond donors (Lipinski definition) is 1. The van der Waals surface area contributed by atoms with Gasteiger partial charge in [-0.05, 0) is 55.0 Å². The molecule has 0 saturated carbocycles. The maximum absolute atomic E-state index is 13.2. The SMILES string of the molecule is COc1cc(OC)cc(C(NC(=O)c2cc3c(s2)CCCC3)c2nccn2C)c1. The number of carbonyl (C=O) groups excluding carboxylic acids is 1. The Kier molecular flexibility index (Phi) is 5.58. The molecule has 1 amide bonds. The van der Waals surface area contributed by atoms with E-state index in [2.05, 4.69) is 16.4 Å². The van der Waals surface area contributed by atoms with E-state index in [-0.39, 0.29) is 5.91 Å². The monoisotopic (exact) mass is 411 g/mol. The van der Waals surface area contributed by atoms with Gasteiger partial charge in [-0.1, -0.05) is 0 Å². The molecule has 1 atom stereocenters. The number of aromatic nitrogens is 2. The van der Waals surface area contributed by atoms with Gasteiger partial charge in [0, 0.05) is 30.4 Å². The highest BCUT2D eigenvalue weighted by atomic mass is 32.1. The van der Waals surface area contributed by atoms with Crippen molar-refractivity contribution in [3.05, 3.63) is 63.4 Å². The molecule has 4 rings (SSSR count). The second-order valence-corrected chi connectivity index (χ2v) is 8.35. The lowest BCUT2D eigenvalue weighted by Gasteiger charge is -2.20. The van der Waals surface area contributed by atoms with Crippen molar-refractivity contribution < 1.29 is 14.3 Å². The van der Waals surface area contributed by atoms with Crippen LogP contribution in [0.25, 0.3) is 0 Å². The van der Waals surface area contributed by atoms with Gasteiger partial charge in [-0.25, -0.2) is 4.98 Å². The van der Waals surface area contributed by atoms with E-state index < -0.39 is 6.04 Å². The summed E-state index contributed by atoms with van der Waals surface area (Å²) >= 11 is 1.61. The number of thiophene rings is 1. The third-order valence-electron chi connectivity index (χ3n) is 5.32. The van der Waals surface area contributed by atoms with Crippen molar-refractivity contribution in [1.82, 2.24) is 14.9 Å². The van der Waals surface area contributed by atoms with E-state index in [1.165, 1.54) is 23.3 Å². The highest BCUT2D eigenvalue weighted by molar-refractivity contribution is 7.14. The number of rotatable bonds is 6. The molecular weight excluding hydrogens is 386 g/mol. The van der Waals surface area contributed by atoms with Gasteiger partial charge in [0.05, 0.1) is 19.1 Å². The number of nitrogens with one attached hydrogen (secondary N) is 1. The van der Waals surface area contributed by atoms with Gasteiger partial charge in [0.25, 0.3) is 5.91 Å². The van der Waals surface area contributed by atoms with Crippen LogP contribution in [0.4, 0.5) is 0 Å². The van der Waals surface area contributed by atoms with Crippen LogP contribution in [0.3, 0.4) is 0 Å². The predicted molar refractivity (Wildman–Crippen MR) is 113 cm³/mol. The molecule has 1 aliphatic rings. The van der Waals surface area contributed by atoms with Crippen LogP contribution in [0.5, 0.6) is 11.5 Å². The average Bonchev–Trinajstić information content (AvgIpc) is 3.37. The lowest BCUT2D eigenvalue weighted by molar-refractivity contribution is 0.0945. The van der Waals surface area contributed by atoms with Crippen LogP contribution < -0.4 is 14.8 Å². The summed E-state index contributed by atoms with van der Waals surface area (Å²) in [5.41, 5.74) is 2.17. The molecule has 3 aromatic rings. The Morgan fingerprint density at radius 3 is 2.48 bits per heavy atom. The van der Waals surface area contributed by atoms with Gasteiger partial charge in [0.2, 0.25) is 0 Å². The number of imidazole rings is 1. The van der Waals surface area contributed by atoms with Crippen LogP contribution in [0.15, 0.2) is 36.7 Å². The number of fused-ring (bicyclic) bond motifs is 1. The molecule has 152 valence electrons. The Hall–Kier alpha value is -2.80. The van der Waals surface area contributed by atoms with Crippen LogP contribution in [0.2, 0.25) is 0 Å². The summed E-state index contributed by atoms with van der Waals surface area (Å²) in [6, 6.07) is 7.25. The first-order valence-electron chi connectivity index (χ1n) is 9.71. The van der Waals surface area contributed by atoms with Crippen molar-refractivity contribution >= 4 is 17.2 Å². The van der Waals surface area contributed by atoms with Crippen LogP contribution in [-0.2, 0) is 19.9 Å². The Labute approximate surface area is 174 Å². The highest BCUT2D eigenvalue weighted by Gasteiger charge is 2.25. The first kappa shape index (κ1) is 19.5. The minimum atomic E-state index is -0.425. The Morgan fingerprint density at radius 1 is 1.14 bits per heavy atom. The molecule has 0 saturated heterocycles. The van der Waals surface area contributed by atoms with Crippen molar-refractivity contribution in [3.8, 4) is 11.5 Å². The molecule has 1 aromatic carbocycles. The fourth-order valence-electron chi connectivity index (χ4n) is 3.75. The second-order valence-electron chi connectivity index (χ2n) is 7.21. The number of benzene rings is 1. The quantitative estimate of drug-likeness (QED) is 0.668. The average molecular weight is 412 g/mol. The molecule has 1 unspecified atom stereocenters. The minimum absolute atomic E-state index is 0.0841. The number of ether oxygens (including phenoxy) is 2. The van der Waals surface area contributed by atoms with Gasteiger partial charge in [-0.15, -0.1) is 11.3 Å². The summed E-state index contributed by atoms with van der Waals surface area (Å²) in [5, 5.41) is 3.18. The summed E-state index contributed by atoms with van der Waals surface area (Å²) in [7, 11) is 5.15. The van der Waals surface area contributed by atoms with E-state index in [0.717, 1.165) is 29.1 Å².